The fourth-order valence-electron chi connectivity index (χ4n) is 4.95. The van der Waals surface area contributed by atoms with Crippen LogP contribution in [0.4, 0.5) is 4.39 Å². The smallest absolute Gasteiger partial charge is 0.261 e. The number of rotatable bonds is 12. The molecule has 0 amide bonds. The Labute approximate surface area is 238 Å². The summed E-state index contributed by atoms with van der Waals surface area (Å²) in [5.41, 5.74) is 0.923. The molecule has 0 saturated carbocycles. The summed E-state index contributed by atoms with van der Waals surface area (Å²) in [6.07, 6.45) is 1.63. The molecule has 0 fully saturated rings. The van der Waals surface area contributed by atoms with Crippen LogP contribution in [0, 0.1) is 5.82 Å². The highest BCUT2D eigenvalue weighted by atomic mass is 35.5. The number of nitrogens with one attached hydrogen (secondary N) is 1. The fourth-order valence-corrected chi connectivity index (χ4v) is 9.69. The Kier molecular flexibility index (Phi) is 9.97. The monoisotopic (exact) mass is 561 g/mol. The highest BCUT2D eigenvalue weighted by Crippen LogP contribution is 2.36. The minimum absolute atomic E-state index is 0.0311. The van der Waals surface area contributed by atoms with Crippen molar-refractivity contribution >= 4 is 30.3 Å². The Morgan fingerprint density at radius 3 is 1.97 bits per heavy atom. The number of benzene rings is 4. The van der Waals surface area contributed by atoms with E-state index in [2.05, 4.69) is 86.8 Å². The molecule has 0 atom stereocenters. The van der Waals surface area contributed by atoms with Gasteiger partial charge in [-0.1, -0.05) is 99.1 Å². The van der Waals surface area contributed by atoms with Gasteiger partial charge in [0, 0.05) is 11.6 Å². The maximum Gasteiger partial charge on any atom is 0.261 e. The second-order valence-electron chi connectivity index (χ2n) is 10.7. The molecule has 6 heteroatoms. The largest absolute Gasteiger partial charge is 0.454 e. The van der Waals surface area contributed by atoms with Crippen LogP contribution in [0.5, 0.6) is 11.5 Å². The zero-order chi connectivity index (χ0) is 27.7. The topological polar surface area (TPSA) is 30.5 Å². The van der Waals surface area contributed by atoms with Gasteiger partial charge in [-0.25, -0.2) is 4.39 Å². The van der Waals surface area contributed by atoms with Crippen molar-refractivity contribution in [2.75, 3.05) is 19.7 Å². The van der Waals surface area contributed by atoms with Crippen molar-refractivity contribution in [3.63, 3.8) is 0 Å². The molecule has 4 rings (SSSR count). The van der Waals surface area contributed by atoms with E-state index in [0.29, 0.717) is 17.4 Å². The van der Waals surface area contributed by atoms with Crippen LogP contribution in [0.1, 0.15) is 32.8 Å². The SMILES string of the molecule is CC(C)(C)[Si](OCCCNCCc1ccc(Oc2ccc(Cl)cc2)c(F)c1)(c1ccccc1)c1ccccc1. The van der Waals surface area contributed by atoms with Gasteiger partial charge in [0.05, 0.1) is 0 Å². The highest BCUT2D eigenvalue weighted by Gasteiger charge is 2.49. The molecule has 39 heavy (non-hydrogen) atoms. The number of ether oxygens (including phenoxy) is 1. The van der Waals surface area contributed by atoms with Gasteiger partial charge in [0.25, 0.3) is 8.32 Å². The molecule has 0 bridgehead atoms. The van der Waals surface area contributed by atoms with E-state index in [1.165, 1.54) is 10.4 Å². The number of halogens is 2. The molecule has 0 radical (unpaired) electrons. The van der Waals surface area contributed by atoms with Crippen LogP contribution >= 0.6 is 11.6 Å². The maximum absolute atomic E-state index is 14.6. The van der Waals surface area contributed by atoms with Crippen molar-refractivity contribution < 1.29 is 13.6 Å². The molecule has 4 aromatic carbocycles. The van der Waals surface area contributed by atoms with Gasteiger partial charge in [-0.2, -0.15) is 0 Å². The Bertz CT molecular complexity index is 1270. The molecule has 0 unspecified atom stereocenters. The first-order chi connectivity index (χ1) is 18.8. The second-order valence-corrected chi connectivity index (χ2v) is 15.4. The summed E-state index contributed by atoms with van der Waals surface area (Å²) >= 11 is 5.90. The first-order valence-corrected chi connectivity index (χ1v) is 15.8. The normalized spacial score (nSPS) is 11.9. The minimum atomic E-state index is -2.50. The molecule has 0 aliphatic carbocycles. The van der Waals surface area contributed by atoms with Gasteiger partial charge < -0.3 is 14.5 Å². The van der Waals surface area contributed by atoms with E-state index in [-0.39, 0.29) is 16.6 Å². The molecule has 3 nitrogen and oxygen atoms in total. The summed E-state index contributed by atoms with van der Waals surface area (Å²) in [7, 11) is -2.50. The Balaban J connectivity index is 1.29. The summed E-state index contributed by atoms with van der Waals surface area (Å²) in [5.74, 6) is 0.378. The Morgan fingerprint density at radius 1 is 0.795 bits per heavy atom. The summed E-state index contributed by atoms with van der Waals surface area (Å²) < 4.78 is 27.2. The van der Waals surface area contributed by atoms with Crippen molar-refractivity contribution in [3.05, 3.63) is 120 Å². The highest BCUT2D eigenvalue weighted by molar-refractivity contribution is 6.99. The van der Waals surface area contributed by atoms with Crippen LogP contribution in [-0.4, -0.2) is 28.0 Å². The molecule has 0 saturated heterocycles. The zero-order valence-electron chi connectivity index (χ0n) is 22.9. The van der Waals surface area contributed by atoms with E-state index in [4.69, 9.17) is 20.8 Å². The van der Waals surface area contributed by atoms with Crippen LogP contribution < -0.4 is 20.4 Å². The van der Waals surface area contributed by atoms with Gasteiger partial charge in [-0.15, -0.1) is 0 Å². The first kappa shape index (κ1) is 29.0. The maximum atomic E-state index is 14.6. The second kappa shape index (κ2) is 13.4. The molecule has 4 aromatic rings. The van der Waals surface area contributed by atoms with Crippen molar-refractivity contribution in [2.45, 2.75) is 38.7 Å². The lowest BCUT2D eigenvalue weighted by atomic mass is 10.1. The third kappa shape index (κ3) is 7.37. The Morgan fingerprint density at radius 2 is 1.41 bits per heavy atom. The lowest BCUT2D eigenvalue weighted by molar-refractivity contribution is 0.290. The predicted octanol–water partition coefficient (Wildman–Crippen LogP) is 7.37. The standard InChI is InChI=1S/C33H37ClFNO2Si/c1-33(2,3)39(29-11-6-4-7-12-29,30-13-8-5-9-14-30)37-24-10-22-36-23-21-26-15-20-32(31(35)25-26)38-28-18-16-27(34)17-19-28/h4-9,11-20,25,36H,10,21-24H2,1-3H3. The molecule has 0 heterocycles. The van der Waals surface area contributed by atoms with E-state index in [1.54, 1.807) is 36.4 Å². The average molecular weight is 562 g/mol. The molecule has 0 aliphatic rings. The summed E-state index contributed by atoms with van der Waals surface area (Å²) in [4.78, 5) is 0. The summed E-state index contributed by atoms with van der Waals surface area (Å²) in [6.45, 7) is 9.15. The van der Waals surface area contributed by atoms with E-state index >= 15 is 0 Å². The average Bonchev–Trinajstić information content (AvgIpc) is 2.93. The lowest BCUT2D eigenvalue weighted by Crippen LogP contribution is -2.66. The van der Waals surface area contributed by atoms with Crippen LogP contribution in [-0.2, 0) is 10.8 Å². The fraction of sp³-hybridized carbons (Fsp3) is 0.273. The van der Waals surface area contributed by atoms with E-state index < -0.39 is 8.32 Å². The number of hydrogen-bond donors (Lipinski definition) is 1. The van der Waals surface area contributed by atoms with Crippen LogP contribution in [0.2, 0.25) is 10.1 Å². The Hall–Kier alpha value is -2.96. The molecule has 204 valence electrons. The van der Waals surface area contributed by atoms with Gasteiger partial charge in [0.15, 0.2) is 11.6 Å². The van der Waals surface area contributed by atoms with Gasteiger partial charge in [0.2, 0.25) is 0 Å². The van der Waals surface area contributed by atoms with Crippen molar-refractivity contribution in [3.8, 4) is 11.5 Å². The molecule has 0 spiro atoms. The van der Waals surface area contributed by atoms with Gasteiger partial charge in [0.1, 0.15) is 5.75 Å². The first-order valence-electron chi connectivity index (χ1n) is 13.5. The molecular formula is C33H37ClFNO2Si. The lowest BCUT2D eigenvalue weighted by Gasteiger charge is -2.43. The molecule has 0 aromatic heterocycles. The van der Waals surface area contributed by atoms with Gasteiger partial charge in [-0.05, 0) is 83.3 Å². The summed E-state index contributed by atoms with van der Waals surface area (Å²) in [6, 6.07) is 33.4. The van der Waals surface area contributed by atoms with Crippen LogP contribution in [0.15, 0.2) is 103 Å². The third-order valence-electron chi connectivity index (χ3n) is 6.86. The van der Waals surface area contributed by atoms with E-state index in [0.717, 1.165) is 31.5 Å². The zero-order valence-corrected chi connectivity index (χ0v) is 24.7. The van der Waals surface area contributed by atoms with Crippen molar-refractivity contribution in [2.24, 2.45) is 0 Å². The van der Waals surface area contributed by atoms with Crippen molar-refractivity contribution in [1.82, 2.24) is 5.32 Å². The number of hydrogen-bond acceptors (Lipinski definition) is 3. The van der Waals surface area contributed by atoms with E-state index in [9.17, 15) is 4.39 Å². The predicted molar refractivity (Wildman–Crippen MR) is 163 cm³/mol. The van der Waals surface area contributed by atoms with Gasteiger partial charge >= 0.3 is 0 Å². The molecule has 1 N–H and O–H groups in total. The molecular weight excluding hydrogens is 525 g/mol. The molecule has 0 aliphatic heterocycles. The minimum Gasteiger partial charge on any atom is -0.454 e. The third-order valence-corrected chi connectivity index (χ3v) is 12.2. The quantitative estimate of drug-likeness (QED) is 0.145. The van der Waals surface area contributed by atoms with E-state index in [1.807, 2.05) is 6.07 Å². The van der Waals surface area contributed by atoms with Gasteiger partial charge in [-0.3, -0.25) is 0 Å². The van der Waals surface area contributed by atoms with Crippen LogP contribution in [0.3, 0.4) is 0 Å². The van der Waals surface area contributed by atoms with Crippen LogP contribution in [0.25, 0.3) is 0 Å². The summed E-state index contributed by atoms with van der Waals surface area (Å²) in [5, 5.41) is 6.65. The van der Waals surface area contributed by atoms with Crippen molar-refractivity contribution in [1.29, 1.82) is 0 Å².